The van der Waals surface area contributed by atoms with Gasteiger partial charge in [-0.1, -0.05) is 23.2 Å². The molecule has 0 amide bonds. The summed E-state index contributed by atoms with van der Waals surface area (Å²) in [5, 5.41) is 0.670. The van der Waals surface area contributed by atoms with Crippen molar-refractivity contribution in [1.29, 1.82) is 0 Å². The molecule has 0 saturated heterocycles. The van der Waals surface area contributed by atoms with Crippen LogP contribution in [0.25, 0.3) is 0 Å². The third-order valence-electron chi connectivity index (χ3n) is 4.40. The summed E-state index contributed by atoms with van der Waals surface area (Å²) in [5.41, 5.74) is 1.01. The summed E-state index contributed by atoms with van der Waals surface area (Å²) in [6, 6.07) is 7.75. The second-order valence-corrected chi connectivity index (χ2v) is 8.99. The van der Waals surface area contributed by atoms with Crippen LogP contribution in [0, 0.1) is 0 Å². The minimum atomic E-state index is -3.91. The molecule has 0 bridgehead atoms. The van der Waals surface area contributed by atoms with Gasteiger partial charge in [-0.15, -0.1) is 0 Å². The van der Waals surface area contributed by atoms with Crippen LogP contribution in [0.2, 0.25) is 10.0 Å². The number of sulfonamides is 1. The highest BCUT2D eigenvalue weighted by Gasteiger charge is 2.31. The maximum atomic E-state index is 13.0. The molecular weight excluding hydrogens is 411 g/mol. The fourth-order valence-corrected chi connectivity index (χ4v) is 4.71. The molecule has 146 valence electrons. The number of fused-ring (bicyclic) bond motifs is 1. The van der Waals surface area contributed by atoms with Gasteiger partial charge >= 0.3 is 0 Å². The molecule has 0 aromatic heterocycles. The van der Waals surface area contributed by atoms with Crippen molar-refractivity contribution in [3.8, 4) is 11.5 Å². The van der Waals surface area contributed by atoms with Gasteiger partial charge in [0.25, 0.3) is 10.0 Å². The molecule has 1 heterocycles. The molecule has 0 spiro atoms. The third-order valence-corrected chi connectivity index (χ3v) is 6.24. The molecule has 27 heavy (non-hydrogen) atoms. The summed E-state index contributed by atoms with van der Waals surface area (Å²) in [4.78, 5) is 2.09. The highest BCUT2D eigenvalue weighted by Crippen LogP contribution is 2.39. The van der Waals surface area contributed by atoms with Crippen LogP contribution in [0.15, 0.2) is 35.2 Å². The molecule has 0 radical (unpaired) electrons. The fourth-order valence-electron chi connectivity index (χ4n) is 2.97. The van der Waals surface area contributed by atoms with E-state index in [9.17, 15) is 8.42 Å². The lowest BCUT2D eigenvalue weighted by atomic mass is 10.0. The molecule has 1 N–H and O–H groups in total. The maximum absolute atomic E-state index is 13.0. The Bertz CT molecular complexity index is 944. The van der Waals surface area contributed by atoms with E-state index in [1.54, 1.807) is 13.2 Å². The molecule has 2 aromatic carbocycles. The van der Waals surface area contributed by atoms with E-state index in [-0.39, 0.29) is 16.6 Å². The van der Waals surface area contributed by atoms with Crippen molar-refractivity contribution in [3.63, 3.8) is 0 Å². The number of hydrogen-bond donors (Lipinski definition) is 1. The second-order valence-electron chi connectivity index (χ2n) is 6.47. The predicted octanol–water partition coefficient (Wildman–Crippen LogP) is 3.67. The minimum absolute atomic E-state index is 0.0478. The smallest absolute Gasteiger partial charge is 0.265 e. The first-order chi connectivity index (χ1) is 12.7. The van der Waals surface area contributed by atoms with Crippen LogP contribution in [0.5, 0.6) is 11.5 Å². The van der Waals surface area contributed by atoms with Crippen molar-refractivity contribution in [2.24, 2.45) is 0 Å². The molecule has 6 nitrogen and oxygen atoms in total. The highest BCUT2D eigenvalue weighted by atomic mass is 35.5. The Morgan fingerprint density at radius 2 is 1.85 bits per heavy atom. The number of halogens is 2. The van der Waals surface area contributed by atoms with Crippen molar-refractivity contribution >= 4 is 38.9 Å². The van der Waals surface area contributed by atoms with Crippen molar-refractivity contribution in [2.75, 3.05) is 32.5 Å². The molecule has 0 aliphatic carbocycles. The van der Waals surface area contributed by atoms with Gasteiger partial charge in [0.1, 0.15) is 23.0 Å². The number of likely N-dealkylation sites (N-methyl/N-ethyl adjacent to an activating group) is 1. The predicted molar refractivity (Wildman–Crippen MR) is 107 cm³/mol. The van der Waals surface area contributed by atoms with Gasteiger partial charge < -0.3 is 14.4 Å². The number of anilines is 1. The lowest BCUT2D eigenvalue weighted by molar-refractivity contribution is 0.159. The number of nitrogens with zero attached hydrogens (tertiary/aromatic N) is 1. The molecule has 1 aliphatic heterocycles. The van der Waals surface area contributed by atoms with E-state index >= 15 is 0 Å². The second kappa shape index (κ2) is 7.75. The summed E-state index contributed by atoms with van der Waals surface area (Å²) in [5.74, 6) is 0.911. The van der Waals surface area contributed by atoms with Crippen molar-refractivity contribution < 1.29 is 17.9 Å². The summed E-state index contributed by atoms with van der Waals surface area (Å²) in [6.07, 6.45) is 0.623. The normalized spacial score (nSPS) is 16.6. The number of hydrogen-bond acceptors (Lipinski definition) is 5. The Kier molecular flexibility index (Phi) is 5.76. The zero-order valence-electron chi connectivity index (χ0n) is 15.1. The molecule has 9 heteroatoms. The van der Waals surface area contributed by atoms with Crippen molar-refractivity contribution in [3.05, 3.63) is 45.9 Å². The Labute approximate surface area is 169 Å². The van der Waals surface area contributed by atoms with Crippen LogP contribution in [-0.4, -0.2) is 47.2 Å². The lowest BCUT2D eigenvalue weighted by Crippen LogP contribution is -2.39. The van der Waals surface area contributed by atoms with Crippen LogP contribution >= 0.6 is 23.2 Å². The summed E-state index contributed by atoms with van der Waals surface area (Å²) in [6.45, 7) is 0.388. The Balaban J connectivity index is 2.02. The minimum Gasteiger partial charge on any atom is -0.496 e. The Morgan fingerprint density at radius 1 is 1.19 bits per heavy atom. The molecule has 0 saturated carbocycles. The first-order valence-corrected chi connectivity index (χ1v) is 10.4. The summed E-state index contributed by atoms with van der Waals surface area (Å²) < 4.78 is 39.7. The quantitative estimate of drug-likeness (QED) is 0.783. The highest BCUT2D eigenvalue weighted by molar-refractivity contribution is 7.92. The zero-order chi connectivity index (χ0) is 19.8. The van der Waals surface area contributed by atoms with E-state index in [4.69, 9.17) is 32.7 Å². The molecule has 0 unspecified atom stereocenters. The van der Waals surface area contributed by atoms with Gasteiger partial charge in [-0.2, -0.15) is 0 Å². The van der Waals surface area contributed by atoms with Gasteiger partial charge in [0.15, 0.2) is 0 Å². The van der Waals surface area contributed by atoms with Gasteiger partial charge in [-0.25, -0.2) is 8.42 Å². The third kappa shape index (κ3) is 4.27. The Morgan fingerprint density at radius 3 is 2.44 bits per heavy atom. The molecule has 0 fully saturated rings. The summed E-state index contributed by atoms with van der Waals surface area (Å²) >= 11 is 11.9. The van der Waals surface area contributed by atoms with E-state index in [1.165, 1.54) is 24.3 Å². The van der Waals surface area contributed by atoms with E-state index < -0.39 is 10.0 Å². The van der Waals surface area contributed by atoms with Gasteiger partial charge in [-0.3, -0.25) is 4.72 Å². The van der Waals surface area contributed by atoms with Crippen LogP contribution in [0.4, 0.5) is 5.69 Å². The largest absolute Gasteiger partial charge is 0.496 e. The summed E-state index contributed by atoms with van der Waals surface area (Å²) in [7, 11) is 1.55. The standard InChI is InChI=1S/C18H20Cl2N2O4S/c1-22(2)14-9-15-16(25-3)4-5-17(18(15)26-10-14)27(23,24)21-13-7-11(19)6-12(20)8-13/h4-8,14,21H,9-10H2,1-3H3/t14-/m1/s1. The number of ether oxygens (including phenoxy) is 2. The topological polar surface area (TPSA) is 67.9 Å². The van der Waals surface area contributed by atoms with Crippen molar-refractivity contribution in [1.82, 2.24) is 4.90 Å². The Hall–Kier alpha value is -1.67. The van der Waals surface area contributed by atoms with E-state index in [1.807, 2.05) is 19.0 Å². The van der Waals surface area contributed by atoms with Crippen molar-refractivity contribution in [2.45, 2.75) is 17.4 Å². The first kappa shape index (κ1) is 20.1. The fraction of sp³-hybridized carbons (Fsp3) is 0.333. The van der Waals surface area contributed by atoms with E-state index in [0.717, 1.165) is 5.56 Å². The SMILES string of the molecule is COc1ccc(S(=O)(=O)Nc2cc(Cl)cc(Cl)c2)c2c1C[C@@H](N(C)C)CO2. The monoisotopic (exact) mass is 430 g/mol. The average Bonchev–Trinajstić information content (AvgIpc) is 2.58. The van der Waals surface area contributed by atoms with Gasteiger partial charge in [0, 0.05) is 21.7 Å². The molecule has 2 aromatic rings. The van der Waals surface area contributed by atoms with Crippen LogP contribution in [-0.2, 0) is 16.4 Å². The molecule has 3 rings (SSSR count). The lowest BCUT2D eigenvalue weighted by Gasteiger charge is -2.31. The first-order valence-electron chi connectivity index (χ1n) is 8.19. The van der Waals surface area contributed by atoms with Crippen LogP contribution in [0.3, 0.4) is 0 Å². The average molecular weight is 431 g/mol. The van der Waals surface area contributed by atoms with Crippen LogP contribution in [0.1, 0.15) is 5.56 Å². The zero-order valence-corrected chi connectivity index (χ0v) is 17.5. The molecule has 1 atom stereocenters. The van der Waals surface area contributed by atoms with Crippen LogP contribution < -0.4 is 14.2 Å². The number of nitrogens with one attached hydrogen (secondary N) is 1. The van der Waals surface area contributed by atoms with Gasteiger partial charge in [0.05, 0.1) is 12.8 Å². The molecule has 1 aliphatic rings. The number of benzene rings is 2. The van der Waals surface area contributed by atoms with Gasteiger partial charge in [0.2, 0.25) is 0 Å². The van der Waals surface area contributed by atoms with Gasteiger partial charge in [-0.05, 0) is 50.8 Å². The van der Waals surface area contributed by atoms with E-state index in [2.05, 4.69) is 4.72 Å². The van der Waals surface area contributed by atoms with E-state index in [0.29, 0.717) is 34.6 Å². The maximum Gasteiger partial charge on any atom is 0.265 e. The number of methoxy groups -OCH3 is 1. The number of rotatable bonds is 5. The molecular formula is C18H20Cl2N2O4S.